The highest BCUT2D eigenvalue weighted by Crippen LogP contribution is 2.60. The van der Waals surface area contributed by atoms with Crippen LogP contribution in [0, 0.1) is 5.41 Å². The van der Waals surface area contributed by atoms with Gasteiger partial charge in [-0.3, -0.25) is 9.80 Å². The molecular weight excluding hydrogens is 312 g/mol. The van der Waals surface area contributed by atoms with Crippen molar-refractivity contribution in [2.24, 2.45) is 5.41 Å². The minimum atomic E-state index is -0.844. The summed E-state index contributed by atoms with van der Waals surface area (Å²) < 4.78 is 15.9. The summed E-state index contributed by atoms with van der Waals surface area (Å²) in [5.74, 6) is -0.330. The second-order valence-corrected chi connectivity index (χ2v) is 8.33. The van der Waals surface area contributed by atoms with Crippen LogP contribution in [-0.2, 0) is 19.0 Å². The normalized spacial score (nSPS) is 33.1. The number of fused-ring (bicyclic) bond motifs is 1. The fraction of sp³-hybridized carbons (Fsp3) is 0.882. The lowest BCUT2D eigenvalue weighted by molar-refractivity contribution is -0.159. The summed E-state index contributed by atoms with van der Waals surface area (Å²) in [5, 5.41) is 0. The van der Waals surface area contributed by atoms with Crippen molar-refractivity contribution >= 4 is 12.1 Å². The number of amides is 1. The number of ether oxygens (including phenoxy) is 3. The average molecular weight is 340 g/mol. The van der Waals surface area contributed by atoms with Crippen LogP contribution in [0.4, 0.5) is 4.79 Å². The number of nitrogens with zero attached hydrogens (tertiary/aromatic N) is 2. The van der Waals surface area contributed by atoms with Gasteiger partial charge in [-0.2, -0.15) is 0 Å². The average Bonchev–Trinajstić information content (AvgIpc) is 2.97. The number of hydrogen-bond acceptors (Lipinski definition) is 6. The second kappa shape index (κ2) is 5.88. The monoisotopic (exact) mass is 340 g/mol. The van der Waals surface area contributed by atoms with Crippen molar-refractivity contribution in [1.82, 2.24) is 9.80 Å². The molecule has 4 aliphatic rings. The van der Waals surface area contributed by atoms with Crippen LogP contribution in [0.3, 0.4) is 0 Å². The molecule has 0 atom stereocenters. The first-order valence-corrected chi connectivity index (χ1v) is 8.59. The molecule has 3 aliphatic heterocycles. The van der Waals surface area contributed by atoms with Crippen LogP contribution >= 0.6 is 0 Å². The van der Waals surface area contributed by atoms with E-state index in [2.05, 4.69) is 4.90 Å². The molecule has 4 fully saturated rings. The summed E-state index contributed by atoms with van der Waals surface area (Å²) in [4.78, 5) is 29.0. The van der Waals surface area contributed by atoms with Gasteiger partial charge in [0.05, 0.1) is 20.3 Å². The summed E-state index contributed by atoms with van der Waals surface area (Å²) >= 11 is 0. The van der Waals surface area contributed by atoms with E-state index >= 15 is 0 Å². The number of carbonyl (C=O) groups is 2. The molecule has 136 valence electrons. The number of rotatable bonds is 3. The van der Waals surface area contributed by atoms with Crippen molar-refractivity contribution in [3.05, 3.63) is 0 Å². The molecule has 0 aromatic rings. The van der Waals surface area contributed by atoms with Crippen molar-refractivity contribution in [2.75, 3.05) is 46.5 Å². The van der Waals surface area contributed by atoms with Gasteiger partial charge in [-0.15, -0.1) is 0 Å². The second-order valence-electron chi connectivity index (χ2n) is 8.33. The molecule has 0 aromatic carbocycles. The molecule has 4 rings (SSSR count). The van der Waals surface area contributed by atoms with E-state index in [1.165, 1.54) is 7.11 Å². The first-order chi connectivity index (χ1) is 11.2. The van der Waals surface area contributed by atoms with E-state index in [9.17, 15) is 9.59 Å². The highest BCUT2D eigenvalue weighted by atomic mass is 16.6. The van der Waals surface area contributed by atoms with E-state index in [0.717, 1.165) is 32.8 Å². The Morgan fingerprint density at radius 2 is 1.79 bits per heavy atom. The predicted octanol–water partition coefficient (Wildman–Crippen LogP) is 1.26. The van der Waals surface area contributed by atoms with Crippen molar-refractivity contribution < 1.29 is 23.8 Å². The standard InChI is InChI=1S/C17H28N2O5/c1-15(2,3)24-14(21)19-12-16(11-18-5-7-23-8-6-18)9-17(19,10-16)13(20)22-4/h5-12H2,1-4H3. The third kappa shape index (κ3) is 2.99. The van der Waals surface area contributed by atoms with Gasteiger partial charge in [0.1, 0.15) is 11.1 Å². The van der Waals surface area contributed by atoms with Gasteiger partial charge < -0.3 is 14.2 Å². The van der Waals surface area contributed by atoms with Crippen LogP contribution < -0.4 is 0 Å². The van der Waals surface area contributed by atoms with Crippen molar-refractivity contribution in [3.63, 3.8) is 0 Å². The summed E-state index contributed by atoms with van der Waals surface area (Å²) in [5.41, 5.74) is -1.47. The first kappa shape index (κ1) is 17.5. The third-order valence-electron chi connectivity index (χ3n) is 5.19. The number of esters is 1. The highest BCUT2D eigenvalue weighted by Gasteiger charge is 2.71. The van der Waals surface area contributed by atoms with E-state index in [0.29, 0.717) is 19.4 Å². The van der Waals surface area contributed by atoms with E-state index in [1.807, 2.05) is 20.8 Å². The van der Waals surface area contributed by atoms with E-state index in [4.69, 9.17) is 14.2 Å². The molecule has 0 N–H and O–H groups in total. The molecule has 1 aliphatic carbocycles. The van der Waals surface area contributed by atoms with Crippen LogP contribution in [0.5, 0.6) is 0 Å². The van der Waals surface area contributed by atoms with E-state index in [1.54, 1.807) is 4.90 Å². The lowest BCUT2D eigenvalue weighted by Gasteiger charge is -2.47. The smallest absolute Gasteiger partial charge is 0.411 e. The number of morpholine rings is 1. The fourth-order valence-electron chi connectivity index (χ4n) is 4.37. The molecule has 7 nitrogen and oxygen atoms in total. The topological polar surface area (TPSA) is 68.3 Å². The zero-order chi connectivity index (χ0) is 17.6. The first-order valence-electron chi connectivity index (χ1n) is 8.59. The highest BCUT2D eigenvalue weighted by molar-refractivity contribution is 5.89. The van der Waals surface area contributed by atoms with Crippen LogP contribution in [0.15, 0.2) is 0 Å². The molecule has 1 amide bonds. The Kier molecular flexibility index (Phi) is 4.28. The quantitative estimate of drug-likeness (QED) is 0.721. The molecule has 7 heteroatoms. The molecule has 0 aromatic heterocycles. The van der Waals surface area contributed by atoms with Gasteiger partial charge in [0, 0.05) is 31.6 Å². The Morgan fingerprint density at radius 1 is 1.17 bits per heavy atom. The minimum Gasteiger partial charge on any atom is -0.467 e. The maximum Gasteiger partial charge on any atom is 0.411 e. The number of carbonyl (C=O) groups excluding carboxylic acids is 2. The Hall–Kier alpha value is -1.34. The van der Waals surface area contributed by atoms with Gasteiger partial charge in [0.25, 0.3) is 0 Å². The molecular formula is C17H28N2O5. The van der Waals surface area contributed by atoms with Crippen LogP contribution in [0.2, 0.25) is 0 Å². The molecule has 3 saturated heterocycles. The lowest BCUT2D eigenvalue weighted by Crippen LogP contribution is -2.59. The Morgan fingerprint density at radius 3 is 2.33 bits per heavy atom. The summed E-state index contributed by atoms with van der Waals surface area (Å²) in [6.07, 6.45) is 0.890. The maximum absolute atomic E-state index is 12.6. The molecule has 3 heterocycles. The summed E-state index contributed by atoms with van der Waals surface area (Å²) in [6.45, 7) is 10.2. The van der Waals surface area contributed by atoms with Crippen molar-refractivity contribution in [3.8, 4) is 0 Å². The maximum atomic E-state index is 12.6. The van der Waals surface area contributed by atoms with Gasteiger partial charge in [-0.1, -0.05) is 0 Å². The van der Waals surface area contributed by atoms with Gasteiger partial charge >= 0.3 is 12.1 Å². The minimum absolute atomic E-state index is 0.0393. The Balaban J connectivity index is 1.74. The van der Waals surface area contributed by atoms with Crippen molar-refractivity contribution in [2.45, 2.75) is 44.8 Å². The summed E-state index contributed by atoms with van der Waals surface area (Å²) in [7, 11) is 1.38. The Labute approximate surface area is 143 Å². The number of hydrogen-bond donors (Lipinski definition) is 0. The van der Waals surface area contributed by atoms with Crippen LogP contribution in [0.1, 0.15) is 33.6 Å². The zero-order valence-corrected chi connectivity index (χ0v) is 15.1. The van der Waals surface area contributed by atoms with E-state index in [-0.39, 0.29) is 11.4 Å². The molecule has 0 unspecified atom stereocenters. The van der Waals surface area contributed by atoms with Gasteiger partial charge in [-0.25, -0.2) is 9.59 Å². The Bertz CT molecular complexity index is 516. The van der Waals surface area contributed by atoms with E-state index < -0.39 is 17.2 Å². The largest absolute Gasteiger partial charge is 0.467 e. The van der Waals surface area contributed by atoms with Gasteiger partial charge in [-0.05, 0) is 33.6 Å². The molecule has 0 radical (unpaired) electrons. The molecule has 2 bridgehead atoms. The van der Waals surface area contributed by atoms with Gasteiger partial charge in [0.2, 0.25) is 0 Å². The summed E-state index contributed by atoms with van der Waals surface area (Å²) in [6, 6.07) is 0. The molecule has 0 spiro atoms. The zero-order valence-electron chi connectivity index (χ0n) is 15.1. The van der Waals surface area contributed by atoms with Gasteiger partial charge in [0.15, 0.2) is 0 Å². The molecule has 1 saturated carbocycles. The third-order valence-corrected chi connectivity index (χ3v) is 5.19. The lowest BCUT2D eigenvalue weighted by atomic mass is 9.61. The predicted molar refractivity (Wildman–Crippen MR) is 86.6 cm³/mol. The number of methoxy groups -OCH3 is 1. The van der Waals surface area contributed by atoms with Crippen LogP contribution in [0.25, 0.3) is 0 Å². The molecule has 24 heavy (non-hydrogen) atoms. The van der Waals surface area contributed by atoms with Crippen LogP contribution in [-0.4, -0.2) is 79.5 Å². The van der Waals surface area contributed by atoms with Crippen molar-refractivity contribution in [1.29, 1.82) is 0 Å². The fourth-order valence-corrected chi connectivity index (χ4v) is 4.37. The SMILES string of the molecule is COC(=O)C12CC(CN3CCOCC3)(CN1C(=O)OC(C)(C)C)C2.